The maximum Gasteiger partial charge on any atom is 0.0969 e. The molecule has 1 heterocycles. The van der Waals surface area contributed by atoms with E-state index >= 15 is 0 Å². The smallest absolute Gasteiger partial charge is 0.0969 e. The molecule has 2 aromatic rings. The molecule has 0 unspecified atom stereocenters. The third-order valence-electron chi connectivity index (χ3n) is 2.57. The molecule has 0 aliphatic rings. The highest BCUT2D eigenvalue weighted by atomic mass is 35.5. The Balaban J connectivity index is 2.10. The standard InChI is InChI=1S/C12H13Cl3N4O/c1-20-3-2-16-6-8-7-19(18-17-8)12-5-10(14)9(13)4-11(12)15/h4-5,7,16H,2-3,6H2,1H3. The van der Waals surface area contributed by atoms with E-state index in [1.807, 2.05) is 0 Å². The zero-order valence-electron chi connectivity index (χ0n) is 10.7. The van der Waals surface area contributed by atoms with Gasteiger partial charge in [0.2, 0.25) is 0 Å². The van der Waals surface area contributed by atoms with Crippen LogP contribution in [-0.4, -0.2) is 35.3 Å². The van der Waals surface area contributed by atoms with Gasteiger partial charge < -0.3 is 10.1 Å². The van der Waals surface area contributed by atoms with Gasteiger partial charge in [-0.2, -0.15) is 0 Å². The third kappa shape index (κ3) is 3.84. The Morgan fingerprint density at radius 3 is 2.70 bits per heavy atom. The molecule has 1 aromatic heterocycles. The van der Waals surface area contributed by atoms with E-state index in [1.54, 1.807) is 30.1 Å². The fourth-order valence-corrected chi connectivity index (χ4v) is 2.20. The van der Waals surface area contributed by atoms with Crippen molar-refractivity contribution in [2.24, 2.45) is 0 Å². The van der Waals surface area contributed by atoms with Crippen molar-refractivity contribution < 1.29 is 4.74 Å². The lowest BCUT2D eigenvalue weighted by atomic mass is 10.3. The number of ether oxygens (including phenoxy) is 1. The monoisotopic (exact) mass is 334 g/mol. The van der Waals surface area contributed by atoms with Gasteiger partial charge in [0.15, 0.2) is 0 Å². The number of nitrogens with one attached hydrogen (secondary N) is 1. The fourth-order valence-electron chi connectivity index (χ4n) is 1.58. The first kappa shape index (κ1) is 15.5. The Kier molecular flexibility index (Phi) is 5.63. The third-order valence-corrected chi connectivity index (χ3v) is 3.59. The topological polar surface area (TPSA) is 52.0 Å². The molecule has 5 nitrogen and oxygen atoms in total. The summed E-state index contributed by atoms with van der Waals surface area (Å²) in [5.74, 6) is 0. The van der Waals surface area contributed by atoms with Gasteiger partial charge in [0.25, 0.3) is 0 Å². The van der Waals surface area contributed by atoms with Crippen LogP contribution in [0.5, 0.6) is 0 Å². The first-order chi connectivity index (χ1) is 9.61. The Bertz CT molecular complexity index is 588. The lowest BCUT2D eigenvalue weighted by Crippen LogP contribution is -2.18. The van der Waals surface area contributed by atoms with Crippen LogP contribution in [0.2, 0.25) is 15.1 Å². The van der Waals surface area contributed by atoms with E-state index in [-0.39, 0.29) is 0 Å². The minimum absolute atomic E-state index is 0.405. The summed E-state index contributed by atoms with van der Waals surface area (Å²) in [7, 11) is 1.66. The molecule has 8 heteroatoms. The summed E-state index contributed by atoms with van der Waals surface area (Å²) >= 11 is 18.0. The average Bonchev–Trinajstić information content (AvgIpc) is 2.87. The highest BCUT2D eigenvalue weighted by Gasteiger charge is 2.10. The molecule has 0 fully saturated rings. The lowest BCUT2D eigenvalue weighted by Gasteiger charge is -2.05. The Morgan fingerprint density at radius 1 is 1.20 bits per heavy atom. The van der Waals surface area contributed by atoms with E-state index in [2.05, 4.69) is 15.6 Å². The van der Waals surface area contributed by atoms with Gasteiger partial charge in [0.1, 0.15) is 0 Å². The summed E-state index contributed by atoms with van der Waals surface area (Å²) in [5.41, 5.74) is 1.43. The minimum atomic E-state index is 0.405. The molecular formula is C12H13Cl3N4O. The zero-order valence-corrected chi connectivity index (χ0v) is 13.0. The molecule has 0 saturated carbocycles. The summed E-state index contributed by atoms with van der Waals surface area (Å²) in [6, 6.07) is 3.24. The van der Waals surface area contributed by atoms with Crippen LogP contribution in [-0.2, 0) is 11.3 Å². The molecule has 0 amide bonds. The van der Waals surface area contributed by atoms with Crippen molar-refractivity contribution in [2.45, 2.75) is 6.54 Å². The van der Waals surface area contributed by atoms with Crippen LogP contribution < -0.4 is 5.32 Å². The zero-order chi connectivity index (χ0) is 14.5. The van der Waals surface area contributed by atoms with E-state index in [4.69, 9.17) is 39.5 Å². The normalized spacial score (nSPS) is 11.0. The van der Waals surface area contributed by atoms with Crippen molar-refractivity contribution in [1.82, 2.24) is 20.3 Å². The van der Waals surface area contributed by atoms with Crippen LogP contribution in [0, 0.1) is 0 Å². The van der Waals surface area contributed by atoms with E-state index in [0.717, 1.165) is 12.2 Å². The van der Waals surface area contributed by atoms with Gasteiger partial charge in [0.05, 0.1) is 39.3 Å². The first-order valence-corrected chi connectivity index (χ1v) is 7.01. The van der Waals surface area contributed by atoms with E-state index in [0.29, 0.717) is 33.9 Å². The second kappa shape index (κ2) is 7.24. The molecule has 108 valence electrons. The number of rotatable bonds is 6. The van der Waals surface area contributed by atoms with Crippen molar-refractivity contribution in [3.05, 3.63) is 39.1 Å². The molecule has 1 aromatic carbocycles. The number of benzene rings is 1. The second-order valence-electron chi connectivity index (χ2n) is 4.04. The summed E-state index contributed by atoms with van der Waals surface area (Å²) in [6.45, 7) is 1.99. The number of nitrogens with zero attached hydrogens (tertiary/aromatic N) is 3. The summed E-state index contributed by atoms with van der Waals surface area (Å²) in [5, 5.41) is 12.5. The molecule has 0 radical (unpaired) electrons. The van der Waals surface area contributed by atoms with Gasteiger partial charge in [-0.05, 0) is 12.1 Å². The molecule has 0 aliphatic heterocycles. The second-order valence-corrected chi connectivity index (χ2v) is 5.26. The molecule has 0 aliphatic carbocycles. The average molecular weight is 336 g/mol. The van der Waals surface area contributed by atoms with Gasteiger partial charge in [-0.15, -0.1) is 5.10 Å². The summed E-state index contributed by atoms with van der Waals surface area (Å²) in [4.78, 5) is 0. The van der Waals surface area contributed by atoms with Crippen LogP contribution in [0.4, 0.5) is 0 Å². The Hall–Kier alpha value is -0.850. The van der Waals surface area contributed by atoms with Gasteiger partial charge in [-0.1, -0.05) is 40.0 Å². The number of methoxy groups -OCH3 is 1. The van der Waals surface area contributed by atoms with Crippen LogP contribution in [0.1, 0.15) is 5.69 Å². The molecule has 0 bridgehead atoms. The molecule has 0 atom stereocenters. The summed E-state index contributed by atoms with van der Waals surface area (Å²) < 4.78 is 6.51. The SMILES string of the molecule is COCCNCc1cn(-c2cc(Cl)c(Cl)cc2Cl)nn1. The van der Waals surface area contributed by atoms with Crippen LogP contribution in [0.25, 0.3) is 5.69 Å². The van der Waals surface area contributed by atoms with Gasteiger partial charge in [-0.25, -0.2) is 4.68 Å². The minimum Gasteiger partial charge on any atom is -0.383 e. The quantitative estimate of drug-likeness (QED) is 0.651. The van der Waals surface area contributed by atoms with Crippen molar-refractivity contribution in [3.63, 3.8) is 0 Å². The van der Waals surface area contributed by atoms with Crippen LogP contribution in [0.3, 0.4) is 0 Å². The number of hydrogen-bond acceptors (Lipinski definition) is 4. The Morgan fingerprint density at radius 2 is 1.95 bits per heavy atom. The van der Waals surface area contributed by atoms with E-state index in [1.165, 1.54) is 0 Å². The van der Waals surface area contributed by atoms with Crippen molar-refractivity contribution in [2.75, 3.05) is 20.3 Å². The van der Waals surface area contributed by atoms with Crippen LogP contribution in [0.15, 0.2) is 18.3 Å². The van der Waals surface area contributed by atoms with Gasteiger partial charge >= 0.3 is 0 Å². The highest BCUT2D eigenvalue weighted by molar-refractivity contribution is 6.43. The van der Waals surface area contributed by atoms with Crippen molar-refractivity contribution in [3.8, 4) is 5.69 Å². The number of hydrogen-bond donors (Lipinski definition) is 1. The van der Waals surface area contributed by atoms with Gasteiger partial charge in [0, 0.05) is 20.2 Å². The number of aromatic nitrogens is 3. The molecular weight excluding hydrogens is 323 g/mol. The first-order valence-electron chi connectivity index (χ1n) is 5.87. The molecule has 0 spiro atoms. The van der Waals surface area contributed by atoms with E-state index in [9.17, 15) is 0 Å². The maximum atomic E-state index is 6.13. The molecule has 0 saturated heterocycles. The predicted molar refractivity (Wildman–Crippen MR) is 80.0 cm³/mol. The lowest BCUT2D eigenvalue weighted by molar-refractivity contribution is 0.199. The molecule has 20 heavy (non-hydrogen) atoms. The van der Waals surface area contributed by atoms with Crippen molar-refractivity contribution in [1.29, 1.82) is 0 Å². The Labute approximate surface area is 131 Å². The van der Waals surface area contributed by atoms with Gasteiger partial charge in [-0.3, -0.25) is 0 Å². The van der Waals surface area contributed by atoms with Crippen molar-refractivity contribution >= 4 is 34.8 Å². The molecule has 1 N–H and O–H groups in total. The highest BCUT2D eigenvalue weighted by Crippen LogP contribution is 2.30. The van der Waals surface area contributed by atoms with Crippen LogP contribution >= 0.6 is 34.8 Å². The molecule has 2 rings (SSSR count). The summed E-state index contributed by atoms with van der Waals surface area (Å²) in [6.07, 6.45) is 1.78. The predicted octanol–water partition coefficient (Wildman–Crippen LogP) is 2.96. The largest absolute Gasteiger partial charge is 0.383 e. The van der Waals surface area contributed by atoms with E-state index < -0.39 is 0 Å². The fraction of sp³-hybridized carbons (Fsp3) is 0.333. The number of halogens is 3. The maximum absolute atomic E-state index is 6.13.